The van der Waals surface area contributed by atoms with Gasteiger partial charge in [-0.3, -0.25) is 4.98 Å². The number of rotatable bonds is 5. The van der Waals surface area contributed by atoms with Crippen LogP contribution in [-0.4, -0.2) is 40.9 Å². The number of aromatic nitrogens is 2. The molecule has 1 fully saturated rings. The molecule has 27 heavy (non-hydrogen) atoms. The highest BCUT2D eigenvalue weighted by Gasteiger charge is 2.23. The second-order valence-corrected chi connectivity index (χ2v) is 6.79. The largest absolute Gasteiger partial charge is 0.493 e. The summed E-state index contributed by atoms with van der Waals surface area (Å²) in [6.45, 7) is 3.12. The second-order valence-electron chi connectivity index (χ2n) is 6.79. The first-order valence-corrected chi connectivity index (χ1v) is 9.19. The van der Waals surface area contributed by atoms with Crippen LogP contribution >= 0.6 is 0 Å². The number of hydrogen-bond acceptors (Lipinski definition) is 6. The Morgan fingerprint density at radius 2 is 2.11 bits per heavy atom. The van der Waals surface area contributed by atoms with Crippen LogP contribution in [0.15, 0.2) is 42.6 Å². The second kappa shape index (κ2) is 7.40. The van der Waals surface area contributed by atoms with E-state index in [-0.39, 0.29) is 12.0 Å². The molecule has 3 aromatic rings. The molecule has 4 rings (SSSR count). The van der Waals surface area contributed by atoms with E-state index in [1.54, 1.807) is 25.4 Å². The fourth-order valence-electron chi connectivity index (χ4n) is 3.52. The third kappa shape index (κ3) is 3.53. The summed E-state index contributed by atoms with van der Waals surface area (Å²) in [6, 6.07) is 11.5. The number of aromatic hydroxyl groups is 1. The molecule has 0 bridgehead atoms. The molecule has 1 saturated heterocycles. The van der Waals surface area contributed by atoms with Gasteiger partial charge in [0, 0.05) is 17.8 Å². The van der Waals surface area contributed by atoms with Crippen LogP contribution in [0.4, 0.5) is 0 Å². The van der Waals surface area contributed by atoms with Crippen molar-refractivity contribution in [3.63, 3.8) is 0 Å². The predicted molar refractivity (Wildman–Crippen MR) is 104 cm³/mol. The Balaban J connectivity index is 1.64. The van der Waals surface area contributed by atoms with Gasteiger partial charge >= 0.3 is 0 Å². The lowest BCUT2D eigenvalue weighted by atomic mass is 10.1. The van der Waals surface area contributed by atoms with Gasteiger partial charge in [-0.15, -0.1) is 0 Å². The number of nitrogens with one attached hydrogen (secondary N) is 1. The van der Waals surface area contributed by atoms with Gasteiger partial charge in [-0.2, -0.15) is 0 Å². The number of hydrogen-bond donors (Lipinski definition) is 2. The molecule has 3 heterocycles. The van der Waals surface area contributed by atoms with Crippen molar-refractivity contribution < 1.29 is 14.6 Å². The SMILES string of the molecule is COc1cc(-c2cc3ncccc3c(O)n2)ccc1OC(C)C1CCCN1. The minimum atomic E-state index is -0.0316. The Morgan fingerprint density at radius 1 is 1.22 bits per heavy atom. The van der Waals surface area contributed by atoms with Gasteiger partial charge in [0.25, 0.3) is 0 Å². The molecular weight excluding hydrogens is 342 g/mol. The standard InChI is InChI=1S/C21H23N3O3/c1-13(16-6-4-10-22-16)27-19-8-7-14(11-20(19)26-2)17-12-18-15(21(25)24-17)5-3-9-23-18/h3,5,7-9,11-13,16,22H,4,6,10H2,1-2H3,(H,24,25). The van der Waals surface area contributed by atoms with Crippen molar-refractivity contribution >= 4 is 10.9 Å². The lowest BCUT2D eigenvalue weighted by Crippen LogP contribution is -2.36. The summed E-state index contributed by atoms with van der Waals surface area (Å²) >= 11 is 0. The van der Waals surface area contributed by atoms with Gasteiger partial charge in [0.05, 0.1) is 23.7 Å². The minimum Gasteiger partial charge on any atom is -0.493 e. The normalized spacial score (nSPS) is 17.8. The van der Waals surface area contributed by atoms with E-state index in [9.17, 15) is 5.11 Å². The summed E-state index contributed by atoms with van der Waals surface area (Å²) in [5.74, 6) is 1.31. The van der Waals surface area contributed by atoms with Crippen LogP contribution in [-0.2, 0) is 0 Å². The summed E-state index contributed by atoms with van der Waals surface area (Å²) in [5.41, 5.74) is 2.16. The first-order valence-electron chi connectivity index (χ1n) is 9.19. The van der Waals surface area contributed by atoms with Crippen LogP contribution in [0.2, 0.25) is 0 Å². The third-order valence-electron chi connectivity index (χ3n) is 5.02. The highest BCUT2D eigenvalue weighted by Crippen LogP contribution is 2.35. The highest BCUT2D eigenvalue weighted by molar-refractivity contribution is 5.86. The Hall–Kier alpha value is -2.86. The molecule has 0 amide bonds. The molecule has 0 spiro atoms. The van der Waals surface area contributed by atoms with Crippen molar-refractivity contribution in [2.75, 3.05) is 13.7 Å². The number of pyridine rings is 2. The maximum atomic E-state index is 10.2. The maximum absolute atomic E-state index is 10.2. The number of fused-ring (bicyclic) bond motifs is 1. The Kier molecular flexibility index (Phi) is 4.81. The van der Waals surface area contributed by atoms with E-state index in [1.807, 2.05) is 24.3 Å². The molecule has 1 aliphatic rings. The molecule has 1 aromatic carbocycles. The first kappa shape index (κ1) is 17.5. The average molecular weight is 365 g/mol. The molecule has 1 aliphatic heterocycles. The lowest BCUT2D eigenvalue weighted by Gasteiger charge is -2.22. The van der Waals surface area contributed by atoms with E-state index in [0.717, 1.165) is 18.5 Å². The Bertz CT molecular complexity index is 955. The Morgan fingerprint density at radius 3 is 2.89 bits per heavy atom. The molecule has 0 radical (unpaired) electrons. The fourth-order valence-corrected chi connectivity index (χ4v) is 3.52. The van der Waals surface area contributed by atoms with Crippen molar-refractivity contribution in [2.45, 2.75) is 31.9 Å². The molecule has 6 heteroatoms. The van der Waals surface area contributed by atoms with Crippen molar-refractivity contribution in [2.24, 2.45) is 0 Å². The van der Waals surface area contributed by atoms with Crippen LogP contribution in [0.3, 0.4) is 0 Å². The molecule has 0 aliphatic carbocycles. The molecule has 6 nitrogen and oxygen atoms in total. The van der Waals surface area contributed by atoms with E-state index in [1.165, 1.54) is 6.42 Å². The van der Waals surface area contributed by atoms with E-state index < -0.39 is 0 Å². The van der Waals surface area contributed by atoms with E-state index in [4.69, 9.17) is 9.47 Å². The summed E-state index contributed by atoms with van der Waals surface area (Å²) in [4.78, 5) is 8.62. The van der Waals surface area contributed by atoms with Gasteiger partial charge in [0.15, 0.2) is 11.5 Å². The quantitative estimate of drug-likeness (QED) is 0.720. The van der Waals surface area contributed by atoms with Crippen molar-refractivity contribution in [3.05, 3.63) is 42.6 Å². The van der Waals surface area contributed by atoms with Crippen molar-refractivity contribution in [3.8, 4) is 28.6 Å². The van der Waals surface area contributed by atoms with Crippen molar-refractivity contribution in [1.82, 2.24) is 15.3 Å². The lowest BCUT2D eigenvalue weighted by molar-refractivity contribution is 0.173. The summed E-state index contributed by atoms with van der Waals surface area (Å²) in [5, 5.41) is 14.3. The van der Waals surface area contributed by atoms with E-state index in [0.29, 0.717) is 34.1 Å². The van der Waals surface area contributed by atoms with Gasteiger partial charge in [0.1, 0.15) is 6.10 Å². The molecular formula is C21H23N3O3. The number of methoxy groups -OCH3 is 1. The number of ether oxygens (including phenoxy) is 2. The molecule has 2 unspecified atom stereocenters. The van der Waals surface area contributed by atoms with Crippen LogP contribution < -0.4 is 14.8 Å². The number of nitrogens with zero attached hydrogens (tertiary/aromatic N) is 2. The van der Waals surface area contributed by atoms with Crippen LogP contribution in [0.25, 0.3) is 22.2 Å². The number of benzene rings is 1. The summed E-state index contributed by atoms with van der Waals surface area (Å²) < 4.78 is 11.7. The maximum Gasteiger partial charge on any atom is 0.221 e. The zero-order chi connectivity index (χ0) is 18.8. The van der Waals surface area contributed by atoms with E-state index >= 15 is 0 Å². The molecule has 140 valence electrons. The minimum absolute atomic E-state index is 0.0316. The van der Waals surface area contributed by atoms with Crippen molar-refractivity contribution in [1.29, 1.82) is 0 Å². The van der Waals surface area contributed by atoms with Gasteiger partial charge in [0.2, 0.25) is 5.88 Å². The molecule has 2 aromatic heterocycles. The zero-order valence-electron chi connectivity index (χ0n) is 15.5. The topological polar surface area (TPSA) is 76.5 Å². The van der Waals surface area contributed by atoms with Gasteiger partial charge in [-0.1, -0.05) is 0 Å². The molecule has 2 atom stereocenters. The van der Waals surface area contributed by atoms with E-state index in [2.05, 4.69) is 22.2 Å². The molecule has 2 N–H and O–H groups in total. The van der Waals surface area contributed by atoms with Crippen LogP contribution in [0.5, 0.6) is 17.4 Å². The summed E-state index contributed by atoms with van der Waals surface area (Å²) in [6.07, 6.45) is 4.05. The summed E-state index contributed by atoms with van der Waals surface area (Å²) in [7, 11) is 1.62. The Labute approximate surface area is 158 Å². The highest BCUT2D eigenvalue weighted by atomic mass is 16.5. The zero-order valence-corrected chi connectivity index (χ0v) is 15.5. The monoisotopic (exact) mass is 365 g/mol. The smallest absolute Gasteiger partial charge is 0.221 e. The molecule has 0 saturated carbocycles. The van der Waals surface area contributed by atoms with Crippen LogP contribution in [0.1, 0.15) is 19.8 Å². The third-order valence-corrected chi connectivity index (χ3v) is 5.02. The average Bonchev–Trinajstić information content (AvgIpc) is 3.23. The van der Waals surface area contributed by atoms with Gasteiger partial charge < -0.3 is 19.9 Å². The fraction of sp³-hybridized carbons (Fsp3) is 0.333. The van der Waals surface area contributed by atoms with Gasteiger partial charge in [-0.25, -0.2) is 4.98 Å². The predicted octanol–water partition coefficient (Wildman–Crippen LogP) is 3.53. The van der Waals surface area contributed by atoms with Gasteiger partial charge in [-0.05, 0) is 62.7 Å². The van der Waals surface area contributed by atoms with Crippen LogP contribution in [0, 0.1) is 0 Å². The first-order chi connectivity index (χ1) is 13.2.